The Morgan fingerprint density at radius 1 is 0.941 bits per heavy atom. The van der Waals surface area contributed by atoms with Gasteiger partial charge in [0.15, 0.2) is 0 Å². The zero-order valence-electron chi connectivity index (χ0n) is 11.3. The fraction of sp³-hybridized carbons (Fsp3) is 0.467. The number of rotatable bonds is 4. The smallest absolute Gasteiger partial charge is 0.0283 e. The molecule has 0 aliphatic carbocycles. The Bertz CT molecular complexity index is 503. The van der Waals surface area contributed by atoms with Crippen molar-refractivity contribution in [3.05, 3.63) is 46.0 Å². The highest BCUT2D eigenvalue weighted by molar-refractivity contribution is 5.37. The third-order valence-electron chi connectivity index (χ3n) is 3.75. The largest absolute Gasteiger partial charge is 0.364 e. The van der Waals surface area contributed by atoms with Crippen molar-refractivity contribution in [2.45, 2.75) is 47.0 Å². The number of hydrogen-bond donors (Lipinski definition) is 2. The Labute approximate surface area is 103 Å². The van der Waals surface area contributed by atoms with E-state index in [2.05, 4.69) is 50.1 Å². The molecule has 2 N–H and O–H groups in total. The molecule has 0 radical (unpaired) electrons. The summed E-state index contributed by atoms with van der Waals surface area (Å²) in [5.41, 5.74) is 8.40. The van der Waals surface area contributed by atoms with Gasteiger partial charge in [-0.15, -0.1) is 0 Å². The van der Waals surface area contributed by atoms with Crippen molar-refractivity contribution in [2.24, 2.45) is 0 Å². The van der Waals surface area contributed by atoms with Crippen molar-refractivity contribution >= 4 is 0 Å². The normalized spacial score (nSPS) is 11.1. The lowest BCUT2D eigenvalue weighted by molar-refractivity contribution is 0.987. The Kier molecular flexibility index (Phi) is 3.41. The van der Waals surface area contributed by atoms with Crippen molar-refractivity contribution in [3.8, 4) is 0 Å². The van der Waals surface area contributed by atoms with Crippen LogP contribution in [0.4, 0.5) is 0 Å². The average molecular weight is 230 g/mol. The summed E-state index contributed by atoms with van der Waals surface area (Å²) in [4.78, 5) is 6.82. The number of H-pyrrole nitrogens is 2. The van der Waals surface area contributed by atoms with E-state index in [-0.39, 0.29) is 0 Å². The molecule has 2 heteroatoms. The summed E-state index contributed by atoms with van der Waals surface area (Å²) in [6, 6.07) is 0. The maximum atomic E-state index is 3.41. The standard InChI is InChI=1S/C15H22N2/c1-5-12-9-17-14(11(12)4)7-15-13(6-2)10(3)8-16-15/h8-9,16-17H,5-7H2,1-4H3. The van der Waals surface area contributed by atoms with E-state index in [4.69, 9.17) is 0 Å². The first-order valence-electron chi connectivity index (χ1n) is 6.48. The van der Waals surface area contributed by atoms with Crippen molar-refractivity contribution in [1.82, 2.24) is 9.97 Å². The molecule has 0 saturated carbocycles. The van der Waals surface area contributed by atoms with Crippen LogP contribution in [0.25, 0.3) is 0 Å². The Morgan fingerprint density at radius 3 is 2.24 bits per heavy atom. The van der Waals surface area contributed by atoms with Crippen LogP contribution in [0, 0.1) is 13.8 Å². The molecule has 2 rings (SSSR count). The lowest BCUT2D eigenvalue weighted by Crippen LogP contribution is -1.96. The van der Waals surface area contributed by atoms with E-state index in [9.17, 15) is 0 Å². The minimum absolute atomic E-state index is 0.989. The van der Waals surface area contributed by atoms with Gasteiger partial charge in [0.2, 0.25) is 0 Å². The fourth-order valence-electron chi connectivity index (χ4n) is 2.57. The van der Waals surface area contributed by atoms with Crippen LogP contribution in [0.1, 0.15) is 47.5 Å². The van der Waals surface area contributed by atoms with Gasteiger partial charge in [-0.3, -0.25) is 0 Å². The van der Waals surface area contributed by atoms with E-state index >= 15 is 0 Å². The van der Waals surface area contributed by atoms with Crippen molar-refractivity contribution < 1.29 is 0 Å². The van der Waals surface area contributed by atoms with Crippen LogP contribution in [0.2, 0.25) is 0 Å². The molecule has 0 bridgehead atoms. The summed E-state index contributed by atoms with van der Waals surface area (Å²) < 4.78 is 0. The van der Waals surface area contributed by atoms with E-state index in [1.165, 1.54) is 33.6 Å². The molecule has 0 atom stereocenters. The zero-order valence-corrected chi connectivity index (χ0v) is 11.3. The van der Waals surface area contributed by atoms with Gasteiger partial charge in [0.25, 0.3) is 0 Å². The molecule has 0 aromatic carbocycles. The number of aryl methyl sites for hydroxylation is 2. The van der Waals surface area contributed by atoms with Crippen molar-refractivity contribution in [1.29, 1.82) is 0 Å². The second-order valence-corrected chi connectivity index (χ2v) is 4.73. The molecule has 2 heterocycles. The highest BCUT2D eigenvalue weighted by atomic mass is 14.7. The SMILES string of the molecule is CCc1c[nH]c(Cc2[nH]cc(C)c2CC)c1C. The van der Waals surface area contributed by atoms with Gasteiger partial charge >= 0.3 is 0 Å². The van der Waals surface area contributed by atoms with E-state index in [1.54, 1.807) is 0 Å². The molecule has 0 fully saturated rings. The highest BCUT2D eigenvalue weighted by Crippen LogP contribution is 2.20. The summed E-state index contributed by atoms with van der Waals surface area (Å²) in [6.07, 6.45) is 7.46. The first kappa shape index (κ1) is 12.0. The van der Waals surface area contributed by atoms with E-state index < -0.39 is 0 Å². The van der Waals surface area contributed by atoms with Crippen LogP contribution in [-0.2, 0) is 19.3 Å². The van der Waals surface area contributed by atoms with Crippen LogP contribution in [0.5, 0.6) is 0 Å². The first-order valence-corrected chi connectivity index (χ1v) is 6.48. The quantitative estimate of drug-likeness (QED) is 0.803. The average Bonchev–Trinajstić information content (AvgIpc) is 2.84. The Hall–Kier alpha value is -1.44. The van der Waals surface area contributed by atoms with Crippen LogP contribution >= 0.6 is 0 Å². The molecule has 0 aliphatic rings. The van der Waals surface area contributed by atoms with Crippen LogP contribution < -0.4 is 0 Å². The van der Waals surface area contributed by atoms with Crippen LogP contribution in [-0.4, -0.2) is 9.97 Å². The van der Waals surface area contributed by atoms with Gasteiger partial charge in [-0.05, 0) is 48.9 Å². The maximum Gasteiger partial charge on any atom is 0.0283 e. The molecule has 2 aromatic rings. The molecule has 0 saturated heterocycles. The third kappa shape index (κ3) is 2.17. The molecule has 2 nitrogen and oxygen atoms in total. The number of nitrogens with one attached hydrogen (secondary N) is 2. The molecule has 2 aromatic heterocycles. The number of aromatic nitrogens is 2. The summed E-state index contributed by atoms with van der Waals surface area (Å²) >= 11 is 0. The zero-order chi connectivity index (χ0) is 12.4. The van der Waals surface area contributed by atoms with Crippen LogP contribution in [0.3, 0.4) is 0 Å². The summed E-state index contributed by atoms with van der Waals surface area (Å²) in [5.74, 6) is 0. The van der Waals surface area contributed by atoms with Gasteiger partial charge in [0, 0.05) is 30.2 Å². The van der Waals surface area contributed by atoms with Gasteiger partial charge in [0.1, 0.15) is 0 Å². The third-order valence-corrected chi connectivity index (χ3v) is 3.75. The van der Waals surface area contributed by atoms with E-state index in [1.807, 2.05) is 0 Å². The number of hydrogen-bond acceptors (Lipinski definition) is 0. The minimum atomic E-state index is 0.989. The lowest BCUT2D eigenvalue weighted by atomic mass is 10.0. The molecule has 0 spiro atoms. The first-order chi connectivity index (χ1) is 8.17. The Balaban J connectivity index is 2.28. The lowest BCUT2D eigenvalue weighted by Gasteiger charge is -2.04. The molecular formula is C15H22N2. The van der Waals surface area contributed by atoms with Gasteiger partial charge < -0.3 is 9.97 Å². The van der Waals surface area contributed by atoms with Crippen molar-refractivity contribution in [2.75, 3.05) is 0 Å². The predicted octanol–water partition coefficient (Wildman–Crippen LogP) is 3.68. The van der Waals surface area contributed by atoms with E-state index in [0.29, 0.717) is 0 Å². The van der Waals surface area contributed by atoms with Crippen LogP contribution in [0.15, 0.2) is 12.4 Å². The molecule has 17 heavy (non-hydrogen) atoms. The fourth-order valence-corrected chi connectivity index (χ4v) is 2.57. The van der Waals surface area contributed by atoms with Crippen molar-refractivity contribution in [3.63, 3.8) is 0 Å². The van der Waals surface area contributed by atoms with Gasteiger partial charge in [0.05, 0.1) is 0 Å². The summed E-state index contributed by atoms with van der Waals surface area (Å²) in [6.45, 7) is 8.82. The number of aromatic amines is 2. The van der Waals surface area contributed by atoms with Gasteiger partial charge in [-0.2, -0.15) is 0 Å². The van der Waals surface area contributed by atoms with Gasteiger partial charge in [-0.1, -0.05) is 13.8 Å². The predicted molar refractivity (Wildman–Crippen MR) is 72.6 cm³/mol. The molecular weight excluding hydrogens is 208 g/mol. The second kappa shape index (κ2) is 4.82. The molecule has 0 aliphatic heterocycles. The Morgan fingerprint density at radius 2 is 1.65 bits per heavy atom. The van der Waals surface area contributed by atoms with Gasteiger partial charge in [-0.25, -0.2) is 0 Å². The molecule has 0 amide bonds. The summed E-state index contributed by atoms with van der Waals surface area (Å²) in [5, 5.41) is 0. The monoisotopic (exact) mass is 230 g/mol. The maximum absolute atomic E-state index is 3.41. The second-order valence-electron chi connectivity index (χ2n) is 4.73. The van der Waals surface area contributed by atoms with E-state index in [0.717, 1.165) is 19.3 Å². The minimum Gasteiger partial charge on any atom is -0.364 e. The summed E-state index contributed by atoms with van der Waals surface area (Å²) in [7, 11) is 0. The molecule has 92 valence electrons. The molecule has 0 unspecified atom stereocenters. The topological polar surface area (TPSA) is 31.6 Å². The highest BCUT2D eigenvalue weighted by Gasteiger charge is 2.11.